The van der Waals surface area contributed by atoms with Gasteiger partial charge in [0.2, 0.25) is 0 Å². The fraction of sp³-hybridized carbons (Fsp3) is 0.0588. The molecule has 3 rings (SSSR count). The average molecular weight is 374 g/mol. The zero-order chi connectivity index (χ0) is 18.8. The van der Waals surface area contributed by atoms with Crippen molar-refractivity contribution in [2.75, 3.05) is 12.1 Å². The Hall–Kier alpha value is -3.39. The Morgan fingerprint density at radius 1 is 1.19 bits per heavy atom. The Morgan fingerprint density at radius 2 is 1.88 bits per heavy atom. The average Bonchev–Trinajstić information content (AvgIpc) is 2.90. The van der Waals surface area contributed by atoms with Crippen LogP contribution in [0.1, 0.15) is 5.56 Å². The number of hydrazine groups is 1. The van der Waals surface area contributed by atoms with E-state index in [2.05, 4.69) is 5.43 Å². The largest absolute Gasteiger partial charge is 0.490 e. The predicted octanol–water partition coefficient (Wildman–Crippen LogP) is 2.72. The summed E-state index contributed by atoms with van der Waals surface area (Å²) in [5.41, 5.74) is 2.81. The number of benzene rings is 2. The molecule has 26 heavy (non-hydrogen) atoms. The Morgan fingerprint density at radius 3 is 2.50 bits per heavy atom. The molecule has 1 N–H and O–H groups in total. The van der Waals surface area contributed by atoms with E-state index in [4.69, 9.17) is 16.3 Å². The van der Waals surface area contributed by atoms with Crippen LogP contribution in [-0.2, 0) is 9.59 Å². The number of halogens is 1. The smallest absolute Gasteiger partial charge is 0.311 e. The van der Waals surface area contributed by atoms with E-state index in [0.717, 1.165) is 5.01 Å². The molecule has 0 spiro atoms. The first-order valence-electron chi connectivity index (χ1n) is 7.36. The molecular weight excluding hydrogens is 362 g/mol. The number of nitrogens with one attached hydrogen (secondary N) is 1. The van der Waals surface area contributed by atoms with Crippen molar-refractivity contribution >= 4 is 40.9 Å². The first-order chi connectivity index (χ1) is 12.4. The second-order valence-electron chi connectivity index (χ2n) is 5.30. The SMILES string of the molecule is COc1ccc(/C=C2/C(=O)NN(c3ccc(Cl)cc3)C2=O)cc1[N+](=O)[O-]. The van der Waals surface area contributed by atoms with E-state index in [9.17, 15) is 19.7 Å². The van der Waals surface area contributed by atoms with Crippen molar-refractivity contribution < 1.29 is 19.2 Å². The summed E-state index contributed by atoms with van der Waals surface area (Å²) in [7, 11) is 1.32. The van der Waals surface area contributed by atoms with Crippen molar-refractivity contribution in [1.29, 1.82) is 0 Å². The summed E-state index contributed by atoms with van der Waals surface area (Å²) in [4.78, 5) is 35.2. The van der Waals surface area contributed by atoms with Gasteiger partial charge < -0.3 is 4.74 Å². The van der Waals surface area contributed by atoms with Gasteiger partial charge in [-0.3, -0.25) is 25.1 Å². The van der Waals surface area contributed by atoms with Crippen molar-refractivity contribution in [3.63, 3.8) is 0 Å². The summed E-state index contributed by atoms with van der Waals surface area (Å²) in [6.07, 6.45) is 1.29. The molecule has 1 saturated heterocycles. The molecule has 1 aliphatic rings. The van der Waals surface area contributed by atoms with E-state index in [1.807, 2.05) is 0 Å². The third kappa shape index (κ3) is 3.22. The molecule has 0 aliphatic carbocycles. The number of carbonyl (C=O) groups excluding carboxylic acids is 2. The molecule has 2 aromatic carbocycles. The summed E-state index contributed by atoms with van der Waals surface area (Å²) in [6.45, 7) is 0. The van der Waals surface area contributed by atoms with Gasteiger partial charge >= 0.3 is 5.69 Å². The Balaban J connectivity index is 1.95. The fourth-order valence-corrected chi connectivity index (χ4v) is 2.56. The van der Waals surface area contributed by atoms with Crippen LogP contribution in [0.4, 0.5) is 11.4 Å². The van der Waals surface area contributed by atoms with Crippen LogP contribution in [0.2, 0.25) is 5.02 Å². The lowest BCUT2D eigenvalue weighted by atomic mass is 10.1. The summed E-state index contributed by atoms with van der Waals surface area (Å²) in [5, 5.41) is 12.7. The molecule has 9 heteroatoms. The molecule has 1 aliphatic heterocycles. The van der Waals surface area contributed by atoms with Crippen molar-refractivity contribution in [2.45, 2.75) is 0 Å². The van der Waals surface area contributed by atoms with Crippen molar-refractivity contribution in [2.24, 2.45) is 0 Å². The van der Waals surface area contributed by atoms with E-state index in [-0.39, 0.29) is 17.0 Å². The molecule has 0 aromatic heterocycles. The Labute approximate surface area is 152 Å². The standard InChI is InChI=1S/C17H12ClN3O5/c1-26-15-7-2-10(9-14(15)21(24)25)8-13-16(22)19-20(17(13)23)12-5-3-11(18)4-6-12/h2-9H,1H3,(H,19,22)/b13-8-. The lowest BCUT2D eigenvalue weighted by Crippen LogP contribution is -2.35. The molecule has 0 bridgehead atoms. The minimum atomic E-state index is -0.608. The summed E-state index contributed by atoms with van der Waals surface area (Å²) >= 11 is 5.82. The number of anilines is 1. The lowest BCUT2D eigenvalue weighted by molar-refractivity contribution is -0.385. The molecule has 0 radical (unpaired) electrons. The summed E-state index contributed by atoms with van der Waals surface area (Å²) in [6, 6.07) is 10.5. The van der Waals surface area contributed by atoms with Crippen LogP contribution in [0.15, 0.2) is 48.0 Å². The second-order valence-corrected chi connectivity index (χ2v) is 5.74. The maximum atomic E-state index is 12.5. The maximum absolute atomic E-state index is 12.5. The van der Waals surface area contributed by atoms with E-state index in [1.54, 1.807) is 24.3 Å². The highest BCUT2D eigenvalue weighted by molar-refractivity contribution is 6.32. The minimum Gasteiger partial charge on any atom is -0.490 e. The number of nitrogens with zero attached hydrogens (tertiary/aromatic N) is 2. The zero-order valence-corrected chi connectivity index (χ0v) is 14.2. The monoisotopic (exact) mass is 373 g/mol. The van der Waals surface area contributed by atoms with Crippen LogP contribution in [0, 0.1) is 10.1 Å². The van der Waals surface area contributed by atoms with Gasteiger partial charge in [0.25, 0.3) is 11.8 Å². The van der Waals surface area contributed by atoms with Gasteiger partial charge in [0.05, 0.1) is 17.7 Å². The molecule has 0 unspecified atom stereocenters. The highest BCUT2D eigenvalue weighted by Gasteiger charge is 2.34. The number of carbonyl (C=O) groups is 2. The van der Waals surface area contributed by atoms with Crippen LogP contribution in [-0.4, -0.2) is 23.8 Å². The second kappa shape index (κ2) is 6.85. The number of nitro benzene ring substituents is 1. The van der Waals surface area contributed by atoms with Gasteiger partial charge in [-0.15, -0.1) is 0 Å². The predicted molar refractivity (Wildman–Crippen MR) is 94.7 cm³/mol. The summed E-state index contributed by atoms with van der Waals surface area (Å²) < 4.78 is 4.93. The van der Waals surface area contributed by atoms with Crippen LogP contribution in [0.5, 0.6) is 5.75 Å². The molecular formula is C17H12ClN3O5. The van der Waals surface area contributed by atoms with Crippen LogP contribution in [0.3, 0.4) is 0 Å². The quantitative estimate of drug-likeness (QED) is 0.384. The van der Waals surface area contributed by atoms with E-state index >= 15 is 0 Å². The number of methoxy groups -OCH3 is 1. The Bertz CT molecular complexity index is 940. The van der Waals surface area contributed by atoms with Gasteiger partial charge in [-0.1, -0.05) is 17.7 Å². The van der Waals surface area contributed by atoms with E-state index < -0.39 is 16.7 Å². The van der Waals surface area contributed by atoms with Crippen molar-refractivity contribution in [3.05, 3.63) is 68.7 Å². The van der Waals surface area contributed by atoms with Crippen LogP contribution >= 0.6 is 11.6 Å². The number of rotatable bonds is 4. The number of ether oxygens (including phenoxy) is 1. The first-order valence-corrected chi connectivity index (χ1v) is 7.73. The lowest BCUT2D eigenvalue weighted by Gasteiger charge is -2.14. The molecule has 2 amide bonds. The molecule has 2 aromatic rings. The van der Waals surface area contributed by atoms with Gasteiger partial charge in [0.15, 0.2) is 5.75 Å². The van der Waals surface area contributed by atoms with Crippen LogP contribution in [0.25, 0.3) is 6.08 Å². The molecule has 1 heterocycles. The number of amides is 2. The molecule has 8 nitrogen and oxygen atoms in total. The fourth-order valence-electron chi connectivity index (χ4n) is 2.44. The maximum Gasteiger partial charge on any atom is 0.311 e. The normalized spacial score (nSPS) is 15.3. The van der Waals surface area contributed by atoms with Crippen molar-refractivity contribution in [1.82, 2.24) is 5.43 Å². The minimum absolute atomic E-state index is 0.0853. The van der Waals surface area contributed by atoms with Gasteiger partial charge in [-0.05, 0) is 42.0 Å². The summed E-state index contributed by atoms with van der Waals surface area (Å²) in [5.74, 6) is -1.10. The topological polar surface area (TPSA) is 102 Å². The van der Waals surface area contributed by atoms with E-state index in [0.29, 0.717) is 16.3 Å². The molecule has 0 atom stereocenters. The van der Waals surface area contributed by atoms with Gasteiger partial charge in [-0.25, -0.2) is 5.01 Å². The van der Waals surface area contributed by atoms with E-state index in [1.165, 1.54) is 31.4 Å². The van der Waals surface area contributed by atoms with Gasteiger partial charge in [-0.2, -0.15) is 0 Å². The third-order valence-electron chi connectivity index (χ3n) is 3.69. The van der Waals surface area contributed by atoms with Crippen molar-refractivity contribution in [3.8, 4) is 5.75 Å². The zero-order valence-electron chi connectivity index (χ0n) is 13.4. The number of nitro groups is 1. The van der Waals surface area contributed by atoms with Crippen LogP contribution < -0.4 is 15.2 Å². The third-order valence-corrected chi connectivity index (χ3v) is 3.94. The molecule has 1 fully saturated rings. The first kappa shape index (κ1) is 17.4. The van der Waals surface area contributed by atoms with Gasteiger partial charge in [0, 0.05) is 11.1 Å². The Kier molecular flexibility index (Phi) is 4.59. The highest BCUT2D eigenvalue weighted by atomic mass is 35.5. The van der Waals surface area contributed by atoms with Gasteiger partial charge in [0.1, 0.15) is 5.57 Å². The molecule has 132 valence electrons. The number of hydrogen-bond donors (Lipinski definition) is 1. The molecule has 0 saturated carbocycles. The number of hydrogen-bond acceptors (Lipinski definition) is 5. The highest BCUT2D eigenvalue weighted by Crippen LogP contribution is 2.29.